The second-order valence-electron chi connectivity index (χ2n) is 7.21. The summed E-state index contributed by atoms with van der Waals surface area (Å²) in [7, 11) is 0. The fourth-order valence-electron chi connectivity index (χ4n) is 3.96. The predicted octanol–water partition coefficient (Wildman–Crippen LogP) is 4.37. The van der Waals surface area contributed by atoms with Crippen molar-refractivity contribution in [2.75, 3.05) is 11.5 Å². The molecule has 0 saturated heterocycles. The smallest absolute Gasteiger partial charge is 0.265 e. The second kappa shape index (κ2) is 7.97. The number of carbonyl (C=O) groups is 2. The van der Waals surface area contributed by atoms with Crippen LogP contribution in [0.4, 0.5) is 5.69 Å². The SMILES string of the molecule is CCOc1ccc(N2C(=O)c3ccccc3[C@@H](C=NC3CCCC3)C2=O)cc1. The van der Waals surface area contributed by atoms with Gasteiger partial charge in [-0.05, 0) is 55.7 Å². The number of aliphatic imine (C=N–C) groups is 1. The first kappa shape index (κ1) is 18.4. The van der Waals surface area contributed by atoms with E-state index in [1.807, 2.05) is 25.1 Å². The summed E-state index contributed by atoms with van der Waals surface area (Å²) in [6, 6.07) is 14.7. The maximum atomic E-state index is 13.3. The highest BCUT2D eigenvalue weighted by Crippen LogP contribution is 2.33. The molecule has 2 amide bonds. The van der Waals surface area contributed by atoms with E-state index in [0.717, 1.165) is 18.4 Å². The molecule has 1 aliphatic carbocycles. The molecule has 0 radical (unpaired) electrons. The van der Waals surface area contributed by atoms with Crippen LogP contribution in [0.5, 0.6) is 5.75 Å². The molecule has 1 heterocycles. The largest absolute Gasteiger partial charge is 0.494 e. The van der Waals surface area contributed by atoms with Crippen LogP contribution in [0.25, 0.3) is 0 Å². The molecule has 144 valence electrons. The Balaban J connectivity index is 1.69. The molecule has 0 spiro atoms. The van der Waals surface area contributed by atoms with Crippen molar-refractivity contribution in [1.82, 2.24) is 0 Å². The van der Waals surface area contributed by atoms with Gasteiger partial charge in [-0.15, -0.1) is 0 Å². The average Bonchev–Trinajstić information content (AvgIpc) is 3.23. The number of benzene rings is 2. The Morgan fingerprint density at radius 2 is 1.79 bits per heavy atom. The van der Waals surface area contributed by atoms with Gasteiger partial charge in [0, 0.05) is 17.8 Å². The molecule has 0 unspecified atom stereocenters. The van der Waals surface area contributed by atoms with E-state index >= 15 is 0 Å². The monoisotopic (exact) mass is 376 g/mol. The Morgan fingerprint density at radius 1 is 1.07 bits per heavy atom. The van der Waals surface area contributed by atoms with Crippen LogP contribution in [-0.2, 0) is 4.79 Å². The van der Waals surface area contributed by atoms with Crippen LogP contribution in [0.1, 0.15) is 54.4 Å². The molecule has 5 heteroatoms. The zero-order chi connectivity index (χ0) is 19.5. The molecule has 2 aliphatic rings. The van der Waals surface area contributed by atoms with Gasteiger partial charge in [-0.25, -0.2) is 4.90 Å². The summed E-state index contributed by atoms with van der Waals surface area (Å²) in [5, 5.41) is 0. The lowest BCUT2D eigenvalue weighted by atomic mass is 9.88. The number of hydrogen-bond donors (Lipinski definition) is 0. The number of fused-ring (bicyclic) bond motifs is 1. The van der Waals surface area contributed by atoms with Gasteiger partial charge in [-0.2, -0.15) is 0 Å². The molecular weight excluding hydrogens is 352 g/mol. The lowest BCUT2D eigenvalue weighted by molar-refractivity contribution is -0.118. The number of nitrogens with zero attached hydrogens (tertiary/aromatic N) is 2. The topological polar surface area (TPSA) is 59.0 Å². The average molecular weight is 376 g/mol. The van der Waals surface area contributed by atoms with Crippen LogP contribution in [0, 0.1) is 0 Å². The summed E-state index contributed by atoms with van der Waals surface area (Å²) in [5.41, 5.74) is 1.84. The minimum Gasteiger partial charge on any atom is -0.494 e. The van der Waals surface area contributed by atoms with Gasteiger partial charge in [0.15, 0.2) is 0 Å². The minimum atomic E-state index is -0.541. The van der Waals surface area contributed by atoms with Crippen molar-refractivity contribution in [1.29, 1.82) is 0 Å². The number of anilines is 1. The Kier molecular flexibility index (Phi) is 5.24. The first-order valence-corrected chi connectivity index (χ1v) is 9.92. The van der Waals surface area contributed by atoms with Gasteiger partial charge in [-0.1, -0.05) is 31.0 Å². The van der Waals surface area contributed by atoms with Gasteiger partial charge < -0.3 is 4.74 Å². The molecule has 0 N–H and O–H groups in total. The van der Waals surface area contributed by atoms with E-state index in [1.165, 1.54) is 17.7 Å². The Morgan fingerprint density at radius 3 is 2.50 bits per heavy atom. The Hall–Kier alpha value is -2.95. The normalized spacial score (nSPS) is 20.0. The maximum absolute atomic E-state index is 13.3. The highest BCUT2D eigenvalue weighted by atomic mass is 16.5. The molecule has 0 bridgehead atoms. The molecule has 5 nitrogen and oxygen atoms in total. The molecule has 28 heavy (non-hydrogen) atoms. The van der Waals surface area contributed by atoms with E-state index in [-0.39, 0.29) is 17.9 Å². The van der Waals surface area contributed by atoms with Crippen LogP contribution in [0.2, 0.25) is 0 Å². The zero-order valence-corrected chi connectivity index (χ0v) is 16.0. The van der Waals surface area contributed by atoms with Gasteiger partial charge in [0.1, 0.15) is 5.75 Å². The van der Waals surface area contributed by atoms with Crippen LogP contribution in [0.3, 0.4) is 0 Å². The second-order valence-corrected chi connectivity index (χ2v) is 7.21. The van der Waals surface area contributed by atoms with E-state index in [1.54, 1.807) is 36.5 Å². The van der Waals surface area contributed by atoms with Crippen molar-refractivity contribution in [3.05, 3.63) is 59.7 Å². The van der Waals surface area contributed by atoms with Crippen LogP contribution >= 0.6 is 0 Å². The van der Waals surface area contributed by atoms with E-state index in [0.29, 0.717) is 23.6 Å². The van der Waals surface area contributed by atoms with Crippen molar-refractivity contribution in [2.45, 2.75) is 44.6 Å². The molecule has 1 atom stereocenters. The standard InChI is InChI=1S/C23H24N2O3/c1-2-28-18-13-11-17(12-14-18)25-22(26)20-10-6-5-9-19(20)21(23(25)27)15-24-16-7-3-4-8-16/h5-6,9-16,21H,2-4,7-8H2,1H3/t21-/m1/s1. The molecule has 4 rings (SSSR count). The summed E-state index contributed by atoms with van der Waals surface area (Å²) < 4.78 is 5.47. The van der Waals surface area contributed by atoms with E-state index < -0.39 is 5.92 Å². The van der Waals surface area contributed by atoms with Gasteiger partial charge in [0.05, 0.1) is 18.2 Å². The lowest BCUT2D eigenvalue weighted by Gasteiger charge is -2.31. The number of ether oxygens (including phenoxy) is 1. The van der Waals surface area contributed by atoms with Gasteiger partial charge >= 0.3 is 0 Å². The number of carbonyl (C=O) groups excluding carboxylic acids is 2. The summed E-state index contributed by atoms with van der Waals surface area (Å²) >= 11 is 0. The highest BCUT2D eigenvalue weighted by Gasteiger charge is 2.38. The van der Waals surface area contributed by atoms with E-state index in [9.17, 15) is 9.59 Å². The molecule has 2 aromatic carbocycles. The number of hydrogen-bond acceptors (Lipinski definition) is 4. The third-order valence-electron chi connectivity index (χ3n) is 5.39. The van der Waals surface area contributed by atoms with E-state index in [4.69, 9.17) is 4.74 Å². The summed E-state index contributed by atoms with van der Waals surface area (Å²) in [4.78, 5) is 32.3. The first-order chi connectivity index (χ1) is 13.7. The highest BCUT2D eigenvalue weighted by molar-refractivity contribution is 6.29. The van der Waals surface area contributed by atoms with Crippen LogP contribution < -0.4 is 9.64 Å². The van der Waals surface area contributed by atoms with E-state index in [2.05, 4.69) is 4.99 Å². The quantitative estimate of drug-likeness (QED) is 0.575. The third kappa shape index (κ3) is 3.44. The first-order valence-electron chi connectivity index (χ1n) is 9.92. The van der Waals surface area contributed by atoms with Crippen molar-refractivity contribution in [3.63, 3.8) is 0 Å². The lowest BCUT2D eigenvalue weighted by Crippen LogP contribution is -2.45. The van der Waals surface area contributed by atoms with Crippen molar-refractivity contribution in [3.8, 4) is 5.75 Å². The minimum absolute atomic E-state index is 0.255. The van der Waals surface area contributed by atoms with Crippen LogP contribution in [-0.4, -0.2) is 30.7 Å². The molecule has 2 aromatic rings. The molecule has 1 fully saturated rings. The van der Waals surface area contributed by atoms with Crippen molar-refractivity contribution < 1.29 is 14.3 Å². The summed E-state index contributed by atoms with van der Waals surface area (Å²) in [6.45, 7) is 2.48. The number of imide groups is 1. The zero-order valence-electron chi connectivity index (χ0n) is 16.0. The number of rotatable bonds is 5. The predicted molar refractivity (Wildman–Crippen MR) is 109 cm³/mol. The molecule has 1 aliphatic heterocycles. The summed E-state index contributed by atoms with van der Waals surface area (Å²) in [6.07, 6.45) is 6.27. The molecule has 0 aromatic heterocycles. The maximum Gasteiger partial charge on any atom is 0.265 e. The fourth-order valence-corrected chi connectivity index (χ4v) is 3.96. The van der Waals surface area contributed by atoms with Gasteiger partial charge in [0.2, 0.25) is 5.91 Å². The third-order valence-corrected chi connectivity index (χ3v) is 5.39. The Labute approximate surface area is 165 Å². The molecular formula is C23H24N2O3. The van der Waals surface area contributed by atoms with Gasteiger partial charge in [-0.3, -0.25) is 14.6 Å². The van der Waals surface area contributed by atoms with Crippen molar-refractivity contribution >= 4 is 23.7 Å². The number of amides is 2. The molecule has 1 saturated carbocycles. The summed E-state index contributed by atoms with van der Waals surface area (Å²) in [5.74, 6) is -0.381. The van der Waals surface area contributed by atoms with Crippen molar-refractivity contribution in [2.24, 2.45) is 4.99 Å². The van der Waals surface area contributed by atoms with Crippen LogP contribution in [0.15, 0.2) is 53.5 Å². The van der Waals surface area contributed by atoms with Gasteiger partial charge in [0.25, 0.3) is 5.91 Å². The Bertz CT molecular complexity index is 898. The fraction of sp³-hybridized carbons (Fsp3) is 0.348.